The number of rotatable bonds is 5. The molecule has 0 radical (unpaired) electrons. The van der Waals surface area contributed by atoms with Gasteiger partial charge in [0.05, 0.1) is 14.2 Å². The Morgan fingerprint density at radius 1 is 1.04 bits per heavy atom. The second-order valence-corrected chi connectivity index (χ2v) is 7.41. The number of ether oxygens (including phenoxy) is 2. The van der Waals surface area contributed by atoms with Gasteiger partial charge < -0.3 is 9.47 Å². The monoisotopic (exact) mass is 345 g/mol. The second-order valence-electron chi connectivity index (χ2n) is 6.03. The predicted molar refractivity (Wildman–Crippen MR) is 96.1 cm³/mol. The molecule has 1 atom stereocenters. The van der Waals surface area contributed by atoms with Crippen LogP contribution in [0.3, 0.4) is 0 Å². The molecule has 0 aromatic heterocycles. The van der Waals surface area contributed by atoms with E-state index in [0.29, 0.717) is 0 Å². The minimum absolute atomic E-state index is 0.785. The van der Waals surface area contributed by atoms with E-state index < -0.39 is 10.8 Å². The van der Waals surface area contributed by atoms with Crippen LogP contribution >= 0.6 is 0 Å². The Morgan fingerprint density at radius 2 is 1.67 bits per heavy atom. The van der Waals surface area contributed by atoms with Crippen molar-refractivity contribution in [2.75, 3.05) is 27.0 Å². The maximum atomic E-state index is 11.5. The van der Waals surface area contributed by atoms with E-state index in [2.05, 4.69) is 29.2 Å². The molecule has 0 amide bonds. The lowest BCUT2D eigenvalue weighted by molar-refractivity contribution is 0.244. The Hall–Kier alpha value is -1.85. The Kier molecular flexibility index (Phi) is 5.21. The number of methoxy groups -OCH3 is 2. The van der Waals surface area contributed by atoms with Crippen LogP contribution in [-0.2, 0) is 30.3 Å². The van der Waals surface area contributed by atoms with Gasteiger partial charge >= 0.3 is 0 Å². The van der Waals surface area contributed by atoms with E-state index in [0.717, 1.165) is 42.4 Å². The standard InChI is InChI=1S/C19H23NO3S/c1-22-18-10-15-8-9-20(13-16(15)11-19(18)23-2)12-14-4-6-17(7-5-14)24(3)21/h4-7,10-11H,8-9,12-13H2,1-3H3/t24-/m0/s1. The van der Waals surface area contributed by atoms with Crippen molar-refractivity contribution < 1.29 is 13.7 Å². The summed E-state index contributed by atoms with van der Waals surface area (Å²) in [5.74, 6) is 1.58. The van der Waals surface area contributed by atoms with Gasteiger partial charge in [-0.2, -0.15) is 0 Å². The van der Waals surface area contributed by atoms with E-state index in [-0.39, 0.29) is 0 Å². The third kappa shape index (κ3) is 3.62. The lowest BCUT2D eigenvalue weighted by atomic mass is 9.98. The molecule has 0 saturated carbocycles. The summed E-state index contributed by atoms with van der Waals surface area (Å²) in [5.41, 5.74) is 3.87. The molecule has 1 aliphatic rings. The molecule has 4 nitrogen and oxygen atoms in total. The molecule has 0 saturated heterocycles. The van der Waals surface area contributed by atoms with Crippen molar-refractivity contribution >= 4 is 10.8 Å². The fraction of sp³-hybridized carbons (Fsp3) is 0.368. The van der Waals surface area contributed by atoms with Gasteiger partial charge in [-0.25, -0.2) is 0 Å². The molecule has 0 unspecified atom stereocenters. The summed E-state index contributed by atoms with van der Waals surface area (Å²) >= 11 is 0. The van der Waals surface area contributed by atoms with Gasteiger partial charge in [0.2, 0.25) is 0 Å². The van der Waals surface area contributed by atoms with Crippen molar-refractivity contribution in [2.24, 2.45) is 0 Å². The van der Waals surface area contributed by atoms with Gasteiger partial charge in [0.25, 0.3) is 0 Å². The average Bonchev–Trinajstić information content (AvgIpc) is 2.60. The summed E-state index contributed by atoms with van der Waals surface area (Å²) in [4.78, 5) is 3.30. The minimum Gasteiger partial charge on any atom is -0.493 e. The van der Waals surface area contributed by atoms with Crippen molar-refractivity contribution in [1.29, 1.82) is 0 Å². The summed E-state index contributed by atoms with van der Waals surface area (Å²) in [7, 11) is 2.42. The van der Waals surface area contributed by atoms with Gasteiger partial charge in [0.15, 0.2) is 11.5 Å². The Balaban J connectivity index is 1.73. The maximum Gasteiger partial charge on any atom is 0.161 e. The van der Waals surface area contributed by atoms with E-state index in [1.807, 2.05) is 12.1 Å². The van der Waals surface area contributed by atoms with Crippen LogP contribution in [0.15, 0.2) is 41.3 Å². The zero-order valence-corrected chi connectivity index (χ0v) is 15.2. The van der Waals surface area contributed by atoms with Crippen LogP contribution in [0, 0.1) is 0 Å². The van der Waals surface area contributed by atoms with Crippen LogP contribution < -0.4 is 9.47 Å². The smallest absolute Gasteiger partial charge is 0.161 e. The lowest BCUT2D eigenvalue weighted by Gasteiger charge is -2.29. The first-order chi connectivity index (χ1) is 11.6. The highest BCUT2D eigenvalue weighted by molar-refractivity contribution is 7.84. The molecular formula is C19H23NO3S. The molecular weight excluding hydrogens is 322 g/mol. The summed E-state index contributed by atoms with van der Waals surface area (Å²) in [5, 5.41) is 0. The van der Waals surface area contributed by atoms with Crippen LogP contribution in [-0.4, -0.2) is 36.1 Å². The first kappa shape index (κ1) is 17.0. The van der Waals surface area contributed by atoms with E-state index in [4.69, 9.17) is 9.47 Å². The molecule has 3 rings (SSSR count). The highest BCUT2D eigenvalue weighted by atomic mass is 32.2. The topological polar surface area (TPSA) is 38.8 Å². The average molecular weight is 345 g/mol. The van der Waals surface area contributed by atoms with E-state index >= 15 is 0 Å². The van der Waals surface area contributed by atoms with E-state index in [1.54, 1.807) is 20.5 Å². The molecule has 2 aromatic rings. The number of nitrogens with zero attached hydrogens (tertiary/aromatic N) is 1. The van der Waals surface area contributed by atoms with Gasteiger partial charge in [-0.05, 0) is 47.4 Å². The second kappa shape index (κ2) is 7.36. The largest absolute Gasteiger partial charge is 0.493 e. The van der Waals surface area contributed by atoms with Crippen LogP contribution in [0.1, 0.15) is 16.7 Å². The first-order valence-electron chi connectivity index (χ1n) is 7.99. The van der Waals surface area contributed by atoms with Gasteiger partial charge in [0.1, 0.15) is 0 Å². The molecule has 128 valence electrons. The van der Waals surface area contributed by atoms with E-state index in [9.17, 15) is 4.21 Å². The number of hydrogen-bond donors (Lipinski definition) is 0. The van der Waals surface area contributed by atoms with Crippen LogP contribution in [0.4, 0.5) is 0 Å². The predicted octanol–water partition coefficient (Wildman–Crippen LogP) is 3.00. The molecule has 0 spiro atoms. The normalized spacial score (nSPS) is 15.6. The van der Waals surface area contributed by atoms with Gasteiger partial charge in [-0.3, -0.25) is 9.11 Å². The van der Waals surface area contributed by atoms with Crippen molar-refractivity contribution in [1.82, 2.24) is 4.90 Å². The highest BCUT2D eigenvalue weighted by Gasteiger charge is 2.19. The zero-order chi connectivity index (χ0) is 17.1. The molecule has 0 fully saturated rings. The summed E-state index contributed by atoms with van der Waals surface area (Å²) in [6.45, 7) is 2.81. The van der Waals surface area contributed by atoms with Gasteiger partial charge in [0, 0.05) is 41.6 Å². The molecule has 0 aliphatic carbocycles. The van der Waals surface area contributed by atoms with Crippen molar-refractivity contribution in [3.63, 3.8) is 0 Å². The molecule has 0 bridgehead atoms. The first-order valence-corrected chi connectivity index (χ1v) is 9.55. The van der Waals surface area contributed by atoms with Gasteiger partial charge in [-0.15, -0.1) is 0 Å². The third-order valence-corrected chi connectivity index (χ3v) is 5.39. The number of fused-ring (bicyclic) bond motifs is 1. The Bertz CT molecular complexity index is 743. The fourth-order valence-electron chi connectivity index (χ4n) is 3.12. The molecule has 1 heterocycles. The molecule has 5 heteroatoms. The van der Waals surface area contributed by atoms with Crippen LogP contribution in [0.25, 0.3) is 0 Å². The van der Waals surface area contributed by atoms with Crippen LogP contribution in [0.5, 0.6) is 11.5 Å². The van der Waals surface area contributed by atoms with Crippen molar-refractivity contribution in [3.05, 3.63) is 53.1 Å². The lowest BCUT2D eigenvalue weighted by Crippen LogP contribution is -2.30. The Morgan fingerprint density at radius 3 is 2.25 bits per heavy atom. The molecule has 1 aliphatic heterocycles. The Labute approximate surface area is 145 Å². The number of benzene rings is 2. The quantitative estimate of drug-likeness (QED) is 0.835. The highest BCUT2D eigenvalue weighted by Crippen LogP contribution is 2.33. The minimum atomic E-state index is -0.920. The fourth-order valence-corrected chi connectivity index (χ4v) is 3.64. The summed E-state index contributed by atoms with van der Waals surface area (Å²) < 4.78 is 22.3. The third-order valence-electron chi connectivity index (χ3n) is 4.46. The molecule has 0 N–H and O–H groups in total. The van der Waals surface area contributed by atoms with E-state index in [1.165, 1.54) is 16.7 Å². The summed E-state index contributed by atoms with van der Waals surface area (Å²) in [6.07, 6.45) is 2.71. The van der Waals surface area contributed by atoms with Crippen molar-refractivity contribution in [2.45, 2.75) is 24.4 Å². The SMILES string of the molecule is COc1cc2c(cc1OC)CN(Cc1ccc([S@](C)=O)cc1)CC2. The zero-order valence-electron chi connectivity index (χ0n) is 14.4. The maximum absolute atomic E-state index is 11.5. The molecule has 2 aromatic carbocycles. The summed E-state index contributed by atoms with van der Waals surface area (Å²) in [6, 6.07) is 12.2. The molecule has 24 heavy (non-hydrogen) atoms. The number of hydrogen-bond acceptors (Lipinski definition) is 4. The van der Waals surface area contributed by atoms with Crippen molar-refractivity contribution in [3.8, 4) is 11.5 Å². The van der Waals surface area contributed by atoms with Gasteiger partial charge in [-0.1, -0.05) is 12.1 Å². The van der Waals surface area contributed by atoms with Crippen LogP contribution in [0.2, 0.25) is 0 Å².